The normalized spacial score (nSPS) is 11.6. The van der Waals surface area contributed by atoms with Crippen LogP contribution in [0.15, 0.2) is 53.0 Å². The van der Waals surface area contributed by atoms with Crippen molar-refractivity contribution >= 4 is 37.9 Å². The smallest absolute Gasteiger partial charge is 0.159 e. The summed E-state index contributed by atoms with van der Waals surface area (Å²) in [6.45, 7) is 6.16. The van der Waals surface area contributed by atoms with Crippen LogP contribution in [-0.4, -0.2) is 14.1 Å². The van der Waals surface area contributed by atoms with Crippen LogP contribution in [0, 0.1) is 0 Å². The molecule has 0 bridgehead atoms. The Labute approximate surface area is 143 Å². The van der Waals surface area contributed by atoms with Gasteiger partial charge in [0, 0.05) is 24.0 Å². The Bertz CT molecular complexity index is 1010. The number of aromatic nitrogens is 3. The summed E-state index contributed by atoms with van der Waals surface area (Å²) >= 11 is 3.83. The molecule has 0 amide bonds. The molecular weight excluding hydrogens is 350 g/mol. The molecule has 23 heavy (non-hydrogen) atoms. The Morgan fingerprint density at radius 2 is 1.52 bits per heavy atom. The lowest BCUT2D eigenvalue weighted by Gasteiger charge is -2.10. The van der Waals surface area contributed by atoms with Gasteiger partial charge in [0.25, 0.3) is 0 Å². The minimum absolute atomic E-state index is 0.896. The summed E-state index contributed by atoms with van der Waals surface area (Å²) in [5.41, 5.74) is 4.63. The number of aryl methyl sites for hydroxylation is 2. The van der Waals surface area contributed by atoms with Gasteiger partial charge in [-0.1, -0.05) is 30.3 Å². The first-order valence-electron chi connectivity index (χ1n) is 7.98. The fraction of sp³-hybridized carbons (Fsp3) is 0.211. The van der Waals surface area contributed by atoms with Crippen LogP contribution < -0.4 is 0 Å². The summed E-state index contributed by atoms with van der Waals surface area (Å²) in [7, 11) is 0. The van der Waals surface area contributed by atoms with E-state index in [0.717, 1.165) is 34.6 Å². The molecular formula is C19H18BrN3. The molecule has 0 radical (unpaired) electrons. The Morgan fingerprint density at radius 1 is 0.870 bits per heavy atom. The Balaban J connectivity index is 2.12. The Kier molecular flexibility index (Phi) is 3.49. The van der Waals surface area contributed by atoms with Crippen molar-refractivity contribution in [3.8, 4) is 11.5 Å². The average Bonchev–Trinajstić information content (AvgIpc) is 3.09. The number of hydrogen-bond donors (Lipinski definition) is 0. The molecule has 2 aromatic heterocycles. The van der Waals surface area contributed by atoms with E-state index < -0.39 is 0 Å². The molecule has 0 N–H and O–H groups in total. The second-order valence-corrected chi connectivity index (χ2v) is 6.39. The van der Waals surface area contributed by atoms with E-state index in [2.05, 4.69) is 81.4 Å². The van der Waals surface area contributed by atoms with Crippen molar-refractivity contribution in [3.05, 3.63) is 53.0 Å². The van der Waals surface area contributed by atoms with Crippen molar-refractivity contribution in [2.24, 2.45) is 0 Å². The van der Waals surface area contributed by atoms with Crippen LogP contribution in [0.3, 0.4) is 0 Å². The van der Waals surface area contributed by atoms with Gasteiger partial charge in [0.2, 0.25) is 0 Å². The third-order valence-corrected chi connectivity index (χ3v) is 5.21. The van der Waals surface area contributed by atoms with Crippen LogP contribution in [0.2, 0.25) is 0 Å². The summed E-state index contributed by atoms with van der Waals surface area (Å²) < 4.78 is 5.76. The maximum atomic E-state index is 4.93. The molecule has 2 aromatic carbocycles. The summed E-state index contributed by atoms with van der Waals surface area (Å²) in [6.07, 6.45) is 0. The van der Waals surface area contributed by atoms with E-state index in [1.54, 1.807) is 0 Å². The first kappa shape index (κ1) is 14.5. The summed E-state index contributed by atoms with van der Waals surface area (Å²) in [5.74, 6) is 1.03. The van der Waals surface area contributed by atoms with Gasteiger partial charge in [0.15, 0.2) is 5.82 Å². The van der Waals surface area contributed by atoms with Crippen molar-refractivity contribution < 1.29 is 0 Å². The summed E-state index contributed by atoms with van der Waals surface area (Å²) in [6, 6.07) is 16.8. The van der Waals surface area contributed by atoms with Crippen LogP contribution in [0.25, 0.3) is 33.5 Å². The number of nitrogens with zero attached hydrogens (tertiary/aromatic N) is 3. The predicted octanol–water partition coefficient (Wildman–Crippen LogP) is 5.46. The van der Waals surface area contributed by atoms with E-state index in [1.807, 2.05) is 6.07 Å². The summed E-state index contributed by atoms with van der Waals surface area (Å²) in [5, 5.41) is 1.24. The lowest BCUT2D eigenvalue weighted by atomic mass is 10.2. The van der Waals surface area contributed by atoms with Crippen molar-refractivity contribution in [1.29, 1.82) is 0 Å². The van der Waals surface area contributed by atoms with Gasteiger partial charge in [-0.25, -0.2) is 4.98 Å². The molecule has 3 nitrogen and oxygen atoms in total. The molecule has 0 saturated heterocycles. The molecule has 0 spiro atoms. The third-order valence-electron chi connectivity index (χ3n) is 4.41. The van der Waals surface area contributed by atoms with Crippen molar-refractivity contribution in [2.75, 3.05) is 0 Å². The molecule has 4 aromatic rings. The fourth-order valence-electron chi connectivity index (χ4n) is 3.38. The number of imidazole rings is 1. The highest BCUT2D eigenvalue weighted by Gasteiger charge is 2.21. The zero-order valence-corrected chi connectivity index (χ0v) is 14.8. The van der Waals surface area contributed by atoms with Gasteiger partial charge in [-0.05, 0) is 48.0 Å². The minimum Gasteiger partial charge on any atom is -0.337 e. The maximum absolute atomic E-state index is 4.93. The minimum atomic E-state index is 0.896. The highest BCUT2D eigenvalue weighted by atomic mass is 79.9. The highest BCUT2D eigenvalue weighted by Crippen LogP contribution is 2.38. The molecule has 116 valence electrons. The van der Waals surface area contributed by atoms with Crippen LogP contribution in [0.4, 0.5) is 0 Å². The number of rotatable bonds is 3. The molecule has 4 rings (SSSR count). The van der Waals surface area contributed by atoms with E-state index in [9.17, 15) is 0 Å². The van der Waals surface area contributed by atoms with E-state index in [0.29, 0.717) is 0 Å². The number of halogens is 1. The van der Waals surface area contributed by atoms with E-state index in [4.69, 9.17) is 4.98 Å². The number of para-hydroxylation sites is 3. The van der Waals surface area contributed by atoms with Gasteiger partial charge >= 0.3 is 0 Å². The standard InChI is InChI=1S/C19H18BrN3/c1-3-22-15-11-7-5-9-13(15)17(20)18(22)19-21-14-10-6-8-12-16(14)23(19)4-2/h5-12H,3-4H2,1-2H3. The van der Waals surface area contributed by atoms with Crippen LogP contribution >= 0.6 is 15.9 Å². The zero-order valence-electron chi connectivity index (χ0n) is 13.3. The first-order chi connectivity index (χ1) is 11.3. The van der Waals surface area contributed by atoms with Gasteiger partial charge in [0.1, 0.15) is 0 Å². The zero-order chi connectivity index (χ0) is 16.0. The number of fused-ring (bicyclic) bond motifs is 2. The third kappa shape index (κ3) is 2.05. The monoisotopic (exact) mass is 367 g/mol. The molecule has 0 unspecified atom stereocenters. The lowest BCUT2D eigenvalue weighted by molar-refractivity contribution is 0.759. The van der Waals surface area contributed by atoms with Crippen LogP contribution in [-0.2, 0) is 13.1 Å². The highest BCUT2D eigenvalue weighted by molar-refractivity contribution is 9.10. The van der Waals surface area contributed by atoms with Crippen LogP contribution in [0.5, 0.6) is 0 Å². The molecule has 0 fully saturated rings. The van der Waals surface area contributed by atoms with Gasteiger partial charge < -0.3 is 9.13 Å². The number of hydrogen-bond acceptors (Lipinski definition) is 1. The second-order valence-electron chi connectivity index (χ2n) is 5.59. The van der Waals surface area contributed by atoms with Gasteiger partial charge in [-0.3, -0.25) is 0 Å². The molecule has 0 atom stereocenters. The average molecular weight is 368 g/mol. The van der Waals surface area contributed by atoms with Gasteiger partial charge in [-0.2, -0.15) is 0 Å². The largest absolute Gasteiger partial charge is 0.337 e. The van der Waals surface area contributed by atoms with Crippen LogP contribution in [0.1, 0.15) is 13.8 Å². The fourth-order valence-corrected chi connectivity index (χ4v) is 4.11. The van der Waals surface area contributed by atoms with Crippen molar-refractivity contribution in [2.45, 2.75) is 26.9 Å². The topological polar surface area (TPSA) is 22.8 Å². The maximum Gasteiger partial charge on any atom is 0.159 e. The molecule has 4 heteroatoms. The van der Waals surface area contributed by atoms with E-state index in [1.165, 1.54) is 16.4 Å². The molecule has 0 aliphatic heterocycles. The van der Waals surface area contributed by atoms with E-state index in [-0.39, 0.29) is 0 Å². The molecule has 0 saturated carbocycles. The lowest BCUT2D eigenvalue weighted by Crippen LogP contribution is -2.03. The van der Waals surface area contributed by atoms with Crippen molar-refractivity contribution in [1.82, 2.24) is 14.1 Å². The number of benzene rings is 2. The quantitative estimate of drug-likeness (QED) is 0.471. The van der Waals surface area contributed by atoms with Crippen molar-refractivity contribution in [3.63, 3.8) is 0 Å². The Hall–Kier alpha value is -2.07. The van der Waals surface area contributed by atoms with E-state index >= 15 is 0 Å². The van der Waals surface area contributed by atoms with Gasteiger partial charge in [-0.15, -0.1) is 0 Å². The second kappa shape index (κ2) is 5.53. The van der Waals surface area contributed by atoms with Gasteiger partial charge in [0.05, 0.1) is 21.2 Å². The molecule has 2 heterocycles. The first-order valence-corrected chi connectivity index (χ1v) is 8.77. The molecule has 0 aliphatic rings. The SMILES string of the molecule is CCn1c(-c2c(Br)c3ccccc3n2CC)nc2ccccc21. The Morgan fingerprint density at radius 3 is 2.26 bits per heavy atom. The summed E-state index contributed by atoms with van der Waals surface area (Å²) in [4.78, 5) is 4.93. The molecule has 0 aliphatic carbocycles. The predicted molar refractivity (Wildman–Crippen MR) is 99.7 cm³/mol.